The monoisotopic (exact) mass is 377 g/mol. The van der Waals surface area contributed by atoms with Gasteiger partial charge in [0.1, 0.15) is 5.69 Å². The Kier molecular flexibility index (Phi) is 6.67. The van der Waals surface area contributed by atoms with Crippen molar-refractivity contribution in [2.24, 2.45) is 10.8 Å². The first-order chi connectivity index (χ1) is 12.0. The minimum Gasteiger partial charge on any atom is -0.379 e. The molecule has 2 aromatic carbocycles. The molecule has 0 aliphatic carbocycles. The number of hydrogen-bond acceptors (Lipinski definition) is 5. The molecular formula is C16H16ClN5O2S. The number of hydrazone groups is 1. The van der Waals surface area contributed by atoms with E-state index in [-0.39, 0.29) is 10.8 Å². The van der Waals surface area contributed by atoms with E-state index in [1.807, 2.05) is 24.3 Å². The van der Waals surface area contributed by atoms with Crippen molar-refractivity contribution in [3.63, 3.8) is 0 Å². The van der Waals surface area contributed by atoms with E-state index in [1.54, 1.807) is 12.1 Å². The van der Waals surface area contributed by atoms with E-state index in [1.165, 1.54) is 12.3 Å². The fourth-order valence-electron chi connectivity index (χ4n) is 2.09. The van der Waals surface area contributed by atoms with E-state index in [4.69, 9.17) is 17.3 Å². The highest BCUT2D eigenvalue weighted by Gasteiger charge is 2.13. The number of rotatable bonds is 7. The van der Waals surface area contributed by atoms with Crippen molar-refractivity contribution in [3.8, 4) is 0 Å². The zero-order valence-corrected chi connectivity index (χ0v) is 14.7. The van der Waals surface area contributed by atoms with Gasteiger partial charge in [0, 0.05) is 23.2 Å². The summed E-state index contributed by atoms with van der Waals surface area (Å²) in [6, 6.07) is 12.3. The van der Waals surface area contributed by atoms with Crippen molar-refractivity contribution in [2.45, 2.75) is 6.42 Å². The molecule has 130 valence electrons. The number of nitrogens with one attached hydrogen (secondary N) is 2. The van der Waals surface area contributed by atoms with Gasteiger partial charge in [-0.2, -0.15) is 5.10 Å². The van der Waals surface area contributed by atoms with Gasteiger partial charge >= 0.3 is 0 Å². The Hall–Kier alpha value is -2.71. The number of halogens is 1. The molecule has 0 spiro atoms. The molecule has 0 radical (unpaired) electrons. The molecule has 0 bridgehead atoms. The van der Waals surface area contributed by atoms with Gasteiger partial charge in [0.15, 0.2) is 5.11 Å². The SMILES string of the molecule is NC(=S)NN=Cc1ccc(NCCc2ccc(Cl)cc2)c([N+](=O)[O-])c1. The third-order valence-corrected chi connectivity index (χ3v) is 3.59. The van der Waals surface area contributed by atoms with Crippen LogP contribution >= 0.6 is 23.8 Å². The van der Waals surface area contributed by atoms with Crippen LogP contribution < -0.4 is 16.5 Å². The number of hydrogen-bond donors (Lipinski definition) is 3. The Morgan fingerprint density at radius 1 is 1.32 bits per heavy atom. The summed E-state index contributed by atoms with van der Waals surface area (Å²) in [5.41, 5.74) is 9.70. The third kappa shape index (κ3) is 6.02. The van der Waals surface area contributed by atoms with Crippen molar-refractivity contribution < 1.29 is 4.92 Å². The van der Waals surface area contributed by atoms with Crippen LogP contribution in [0.4, 0.5) is 11.4 Å². The zero-order chi connectivity index (χ0) is 18.2. The molecule has 0 aliphatic rings. The molecule has 0 saturated heterocycles. The van der Waals surface area contributed by atoms with Crippen LogP contribution in [0.5, 0.6) is 0 Å². The highest BCUT2D eigenvalue weighted by Crippen LogP contribution is 2.25. The second-order valence-corrected chi connectivity index (χ2v) is 5.95. The van der Waals surface area contributed by atoms with E-state index in [0.29, 0.717) is 22.8 Å². The number of nitrogens with two attached hydrogens (primary N) is 1. The first-order valence-corrected chi connectivity index (χ1v) is 8.09. The van der Waals surface area contributed by atoms with Gasteiger partial charge in [-0.1, -0.05) is 29.8 Å². The number of nitrogens with zero attached hydrogens (tertiary/aromatic N) is 2. The van der Waals surface area contributed by atoms with Crippen LogP contribution in [-0.4, -0.2) is 22.8 Å². The standard InChI is InChI=1S/C16H16ClN5O2S/c17-13-4-1-11(2-5-13)7-8-19-14-6-3-12(9-15(14)22(23)24)10-20-21-16(18)25/h1-6,9-10,19H,7-8H2,(H3,18,21,25). The Bertz CT molecular complexity index is 796. The summed E-state index contributed by atoms with van der Waals surface area (Å²) in [6.07, 6.45) is 2.12. The molecule has 2 rings (SSSR count). The summed E-state index contributed by atoms with van der Waals surface area (Å²) in [7, 11) is 0. The lowest BCUT2D eigenvalue weighted by Crippen LogP contribution is -2.23. The second kappa shape index (κ2) is 8.95. The second-order valence-electron chi connectivity index (χ2n) is 5.07. The van der Waals surface area contributed by atoms with Crippen molar-refractivity contribution in [1.82, 2.24) is 5.43 Å². The van der Waals surface area contributed by atoms with Crippen molar-refractivity contribution in [1.29, 1.82) is 0 Å². The number of nitro groups is 1. The van der Waals surface area contributed by atoms with Gasteiger partial charge in [-0.15, -0.1) is 0 Å². The van der Waals surface area contributed by atoms with Gasteiger partial charge in [-0.05, 0) is 42.4 Å². The van der Waals surface area contributed by atoms with E-state index in [9.17, 15) is 10.1 Å². The number of benzene rings is 2. The van der Waals surface area contributed by atoms with Crippen LogP contribution in [0.25, 0.3) is 0 Å². The molecule has 0 amide bonds. The van der Waals surface area contributed by atoms with Crippen molar-refractivity contribution in [3.05, 3.63) is 68.7 Å². The highest BCUT2D eigenvalue weighted by atomic mass is 35.5. The molecule has 0 heterocycles. The smallest absolute Gasteiger partial charge is 0.292 e. The maximum absolute atomic E-state index is 11.3. The summed E-state index contributed by atoms with van der Waals surface area (Å²) in [6.45, 7) is 0.554. The number of thiocarbonyl (C=S) groups is 1. The molecule has 9 heteroatoms. The van der Waals surface area contributed by atoms with Crippen LogP contribution in [0.1, 0.15) is 11.1 Å². The third-order valence-electron chi connectivity index (χ3n) is 3.25. The summed E-state index contributed by atoms with van der Waals surface area (Å²) < 4.78 is 0. The number of anilines is 1. The summed E-state index contributed by atoms with van der Waals surface area (Å²) in [5.74, 6) is 0. The quantitative estimate of drug-likeness (QED) is 0.296. The van der Waals surface area contributed by atoms with Gasteiger partial charge < -0.3 is 11.1 Å². The van der Waals surface area contributed by atoms with Gasteiger partial charge in [0.2, 0.25) is 0 Å². The lowest BCUT2D eigenvalue weighted by Gasteiger charge is -2.08. The molecule has 2 aromatic rings. The van der Waals surface area contributed by atoms with Crippen LogP contribution in [-0.2, 0) is 6.42 Å². The van der Waals surface area contributed by atoms with E-state index in [2.05, 4.69) is 28.1 Å². The Morgan fingerprint density at radius 2 is 2.04 bits per heavy atom. The first kappa shape index (κ1) is 18.6. The van der Waals surface area contributed by atoms with Crippen LogP contribution in [0.3, 0.4) is 0 Å². The predicted octanol–water partition coefficient (Wildman–Crippen LogP) is 3.07. The van der Waals surface area contributed by atoms with Gasteiger partial charge in [0.05, 0.1) is 11.1 Å². The van der Waals surface area contributed by atoms with Crippen LogP contribution in [0, 0.1) is 10.1 Å². The number of nitro benzene ring substituents is 1. The molecular weight excluding hydrogens is 362 g/mol. The molecule has 7 nitrogen and oxygen atoms in total. The average molecular weight is 378 g/mol. The Balaban J connectivity index is 2.04. The highest BCUT2D eigenvalue weighted by molar-refractivity contribution is 7.80. The largest absolute Gasteiger partial charge is 0.379 e. The summed E-state index contributed by atoms with van der Waals surface area (Å²) in [5, 5.41) is 18.8. The lowest BCUT2D eigenvalue weighted by atomic mass is 10.1. The molecule has 0 saturated carbocycles. The maximum atomic E-state index is 11.3. The Labute approximate surface area is 155 Å². The fraction of sp³-hybridized carbons (Fsp3) is 0.125. The van der Waals surface area contributed by atoms with Crippen molar-refractivity contribution in [2.75, 3.05) is 11.9 Å². The molecule has 0 aromatic heterocycles. The van der Waals surface area contributed by atoms with Gasteiger partial charge in [-0.25, -0.2) is 0 Å². The topological polar surface area (TPSA) is 106 Å². The van der Waals surface area contributed by atoms with E-state index < -0.39 is 4.92 Å². The van der Waals surface area contributed by atoms with Gasteiger partial charge in [0.25, 0.3) is 5.69 Å². The van der Waals surface area contributed by atoms with Crippen LogP contribution in [0.2, 0.25) is 5.02 Å². The molecule has 0 fully saturated rings. The van der Waals surface area contributed by atoms with Crippen molar-refractivity contribution >= 4 is 46.5 Å². The summed E-state index contributed by atoms with van der Waals surface area (Å²) >= 11 is 10.5. The van der Waals surface area contributed by atoms with Gasteiger partial charge in [-0.3, -0.25) is 15.5 Å². The fourth-order valence-corrected chi connectivity index (χ4v) is 2.27. The lowest BCUT2D eigenvalue weighted by molar-refractivity contribution is -0.384. The predicted molar refractivity (Wildman–Crippen MR) is 104 cm³/mol. The van der Waals surface area contributed by atoms with E-state index >= 15 is 0 Å². The molecule has 0 aliphatic heterocycles. The average Bonchev–Trinajstić information content (AvgIpc) is 2.57. The molecule has 0 atom stereocenters. The maximum Gasteiger partial charge on any atom is 0.292 e. The molecule has 4 N–H and O–H groups in total. The minimum atomic E-state index is -0.442. The normalized spacial score (nSPS) is 10.6. The minimum absolute atomic E-state index is 0.0197. The Morgan fingerprint density at radius 3 is 2.68 bits per heavy atom. The molecule has 0 unspecified atom stereocenters. The first-order valence-electron chi connectivity index (χ1n) is 7.31. The summed E-state index contributed by atoms with van der Waals surface area (Å²) in [4.78, 5) is 10.8. The molecule has 25 heavy (non-hydrogen) atoms. The zero-order valence-electron chi connectivity index (χ0n) is 13.1. The van der Waals surface area contributed by atoms with Crippen LogP contribution in [0.15, 0.2) is 47.6 Å². The van der Waals surface area contributed by atoms with E-state index in [0.717, 1.165) is 12.0 Å².